The topological polar surface area (TPSA) is 64.9 Å². The molecule has 13 heavy (non-hydrogen) atoms. The van der Waals surface area contributed by atoms with Crippen molar-refractivity contribution in [2.75, 3.05) is 11.5 Å². The van der Waals surface area contributed by atoms with E-state index >= 15 is 0 Å². The third-order valence-corrected chi connectivity index (χ3v) is 2.33. The fourth-order valence-electron chi connectivity index (χ4n) is 1.17. The molecule has 1 aromatic heterocycles. The van der Waals surface area contributed by atoms with Crippen molar-refractivity contribution in [3.05, 3.63) is 28.7 Å². The summed E-state index contributed by atoms with van der Waals surface area (Å²) in [6.07, 6.45) is 0. The van der Waals surface area contributed by atoms with Crippen molar-refractivity contribution in [2.45, 2.75) is 0 Å². The summed E-state index contributed by atoms with van der Waals surface area (Å²) in [5, 5.41) is 0.995. The van der Waals surface area contributed by atoms with Crippen molar-refractivity contribution in [1.29, 1.82) is 0 Å². The third-order valence-electron chi connectivity index (χ3n) is 1.84. The van der Waals surface area contributed by atoms with E-state index in [9.17, 15) is 0 Å². The molecule has 0 aliphatic carbocycles. The van der Waals surface area contributed by atoms with Crippen molar-refractivity contribution in [3.8, 4) is 0 Å². The van der Waals surface area contributed by atoms with E-state index in [4.69, 9.17) is 11.5 Å². The predicted octanol–water partition coefficient (Wildman–Crippen LogP) is 2.16. The smallest absolute Gasteiger partial charge is 0.147 e. The molecule has 0 aliphatic heterocycles. The lowest BCUT2D eigenvalue weighted by atomic mass is 10.2. The number of nitrogens with two attached hydrogens (primary N) is 2. The van der Waals surface area contributed by atoms with E-state index < -0.39 is 0 Å². The van der Waals surface area contributed by atoms with Crippen LogP contribution in [0.5, 0.6) is 0 Å². The summed E-state index contributed by atoms with van der Waals surface area (Å²) >= 11 is 3.36. The van der Waals surface area contributed by atoms with Crippen LogP contribution in [-0.4, -0.2) is 4.98 Å². The molecule has 0 unspecified atom stereocenters. The molecule has 0 spiro atoms. The Hall–Kier alpha value is -1.29. The number of anilines is 2. The number of rotatable bonds is 0. The van der Waals surface area contributed by atoms with Crippen molar-refractivity contribution in [3.63, 3.8) is 0 Å². The standard InChI is InChI=1S/C9H8BrN3/c10-6-2-1-5-3-7(11)9(12)13-8(5)4-6/h1-4H,11H2,(H2,12,13). The molecule has 0 bridgehead atoms. The Morgan fingerprint density at radius 2 is 1.92 bits per heavy atom. The lowest BCUT2D eigenvalue weighted by molar-refractivity contribution is 1.41. The van der Waals surface area contributed by atoms with Crippen molar-refractivity contribution in [1.82, 2.24) is 4.98 Å². The van der Waals surface area contributed by atoms with E-state index in [1.54, 1.807) is 0 Å². The van der Waals surface area contributed by atoms with Crippen LogP contribution in [0, 0.1) is 0 Å². The Bertz CT molecular complexity index is 468. The predicted molar refractivity (Wildman–Crippen MR) is 58.3 cm³/mol. The van der Waals surface area contributed by atoms with Crippen LogP contribution < -0.4 is 11.5 Å². The summed E-state index contributed by atoms with van der Waals surface area (Å²) in [7, 11) is 0. The largest absolute Gasteiger partial charge is 0.396 e. The number of hydrogen-bond acceptors (Lipinski definition) is 3. The van der Waals surface area contributed by atoms with Gasteiger partial charge >= 0.3 is 0 Å². The zero-order chi connectivity index (χ0) is 9.42. The van der Waals surface area contributed by atoms with E-state index in [2.05, 4.69) is 20.9 Å². The van der Waals surface area contributed by atoms with Gasteiger partial charge in [-0.25, -0.2) is 4.98 Å². The second kappa shape index (κ2) is 2.88. The summed E-state index contributed by atoms with van der Waals surface area (Å²) in [5.41, 5.74) is 12.6. The molecular formula is C9H8BrN3. The average Bonchev–Trinajstić information content (AvgIpc) is 2.08. The van der Waals surface area contributed by atoms with Gasteiger partial charge in [-0.2, -0.15) is 0 Å². The van der Waals surface area contributed by atoms with Crippen LogP contribution in [0.1, 0.15) is 0 Å². The first-order chi connectivity index (χ1) is 6.16. The Kier molecular flexibility index (Phi) is 1.84. The molecule has 0 saturated carbocycles. The van der Waals surface area contributed by atoms with Gasteiger partial charge in [-0.3, -0.25) is 0 Å². The van der Waals surface area contributed by atoms with Gasteiger partial charge in [0.2, 0.25) is 0 Å². The van der Waals surface area contributed by atoms with Gasteiger partial charge in [0.15, 0.2) is 0 Å². The molecule has 0 fully saturated rings. The summed E-state index contributed by atoms with van der Waals surface area (Å²) in [4.78, 5) is 4.16. The highest BCUT2D eigenvalue weighted by Gasteiger charge is 2.00. The van der Waals surface area contributed by atoms with Crippen LogP contribution in [-0.2, 0) is 0 Å². The van der Waals surface area contributed by atoms with Crippen LogP contribution in [0.25, 0.3) is 10.9 Å². The highest BCUT2D eigenvalue weighted by atomic mass is 79.9. The number of fused-ring (bicyclic) bond motifs is 1. The number of benzene rings is 1. The molecule has 0 aliphatic rings. The maximum absolute atomic E-state index is 5.62. The van der Waals surface area contributed by atoms with Crippen molar-refractivity contribution in [2.24, 2.45) is 0 Å². The number of nitrogen functional groups attached to an aromatic ring is 2. The van der Waals surface area contributed by atoms with Crippen LogP contribution in [0.4, 0.5) is 11.5 Å². The zero-order valence-corrected chi connectivity index (χ0v) is 8.38. The molecule has 4 N–H and O–H groups in total. The maximum Gasteiger partial charge on any atom is 0.147 e. The first kappa shape index (κ1) is 8.31. The third kappa shape index (κ3) is 1.45. The minimum absolute atomic E-state index is 0.380. The number of aromatic nitrogens is 1. The van der Waals surface area contributed by atoms with Crippen molar-refractivity contribution < 1.29 is 0 Å². The summed E-state index contributed by atoms with van der Waals surface area (Å²) in [6, 6.07) is 7.62. The lowest BCUT2D eigenvalue weighted by Gasteiger charge is -2.02. The molecular weight excluding hydrogens is 230 g/mol. The average molecular weight is 238 g/mol. The highest BCUT2D eigenvalue weighted by molar-refractivity contribution is 9.10. The van der Waals surface area contributed by atoms with Crippen LogP contribution in [0.2, 0.25) is 0 Å². The molecule has 4 heteroatoms. The maximum atomic E-state index is 5.62. The fraction of sp³-hybridized carbons (Fsp3) is 0. The second-order valence-electron chi connectivity index (χ2n) is 2.80. The van der Waals surface area contributed by atoms with E-state index in [0.717, 1.165) is 15.4 Å². The van der Waals surface area contributed by atoms with Gasteiger partial charge in [0.05, 0.1) is 11.2 Å². The van der Waals surface area contributed by atoms with Gasteiger partial charge in [-0.05, 0) is 18.2 Å². The molecule has 2 rings (SSSR count). The molecule has 1 aromatic carbocycles. The van der Waals surface area contributed by atoms with Crippen LogP contribution in [0.15, 0.2) is 28.7 Å². The van der Waals surface area contributed by atoms with Gasteiger partial charge < -0.3 is 11.5 Å². The minimum atomic E-state index is 0.380. The molecule has 1 heterocycles. The summed E-state index contributed by atoms with van der Waals surface area (Å²) < 4.78 is 0.983. The molecule has 2 aromatic rings. The second-order valence-corrected chi connectivity index (χ2v) is 3.72. The molecule has 0 atom stereocenters. The van der Waals surface area contributed by atoms with Gasteiger partial charge in [-0.15, -0.1) is 0 Å². The van der Waals surface area contributed by atoms with Gasteiger partial charge in [0.25, 0.3) is 0 Å². The normalized spacial score (nSPS) is 10.5. The molecule has 3 nitrogen and oxygen atoms in total. The van der Waals surface area contributed by atoms with Crippen molar-refractivity contribution >= 4 is 38.3 Å². The molecule has 0 radical (unpaired) electrons. The number of pyridine rings is 1. The minimum Gasteiger partial charge on any atom is -0.396 e. The monoisotopic (exact) mass is 237 g/mol. The van der Waals surface area contributed by atoms with E-state index in [1.165, 1.54) is 0 Å². The SMILES string of the molecule is Nc1cc2ccc(Br)cc2nc1N. The van der Waals surface area contributed by atoms with E-state index in [1.807, 2.05) is 24.3 Å². The zero-order valence-electron chi connectivity index (χ0n) is 6.79. The molecule has 0 saturated heterocycles. The quantitative estimate of drug-likeness (QED) is 0.739. The summed E-state index contributed by atoms with van der Waals surface area (Å²) in [5.74, 6) is 0.380. The fourth-order valence-corrected chi connectivity index (χ4v) is 1.52. The number of nitrogens with zero attached hydrogens (tertiary/aromatic N) is 1. The van der Waals surface area contributed by atoms with Gasteiger partial charge in [0.1, 0.15) is 5.82 Å². The highest BCUT2D eigenvalue weighted by Crippen LogP contribution is 2.22. The Labute approximate surface area is 83.9 Å². The lowest BCUT2D eigenvalue weighted by Crippen LogP contribution is -1.97. The van der Waals surface area contributed by atoms with Gasteiger partial charge in [0, 0.05) is 9.86 Å². The van der Waals surface area contributed by atoms with E-state index in [0.29, 0.717) is 11.5 Å². The van der Waals surface area contributed by atoms with Gasteiger partial charge in [-0.1, -0.05) is 22.0 Å². The van der Waals surface area contributed by atoms with E-state index in [-0.39, 0.29) is 0 Å². The van der Waals surface area contributed by atoms with Crippen LogP contribution >= 0.6 is 15.9 Å². The summed E-state index contributed by atoms with van der Waals surface area (Å²) in [6.45, 7) is 0. The Morgan fingerprint density at radius 3 is 2.69 bits per heavy atom. The first-order valence-corrected chi connectivity index (χ1v) is 4.57. The first-order valence-electron chi connectivity index (χ1n) is 3.78. The molecule has 0 amide bonds. The molecule has 66 valence electrons. The number of hydrogen-bond donors (Lipinski definition) is 2. The Morgan fingerprint density at radius 1 is 1.15 bits per heavy atom. The Balaban J connectivity index is 2.81. The van der Waals surface area contributed by atoms with Crippen LogP contribution in [0.3, 0.4) is 0 Å². The number of halogens is 1.